The number of nitrogens with zero attached hydrogens (tertiary/aromatic N) is 2. The maximum atomic E-state index is 12.4. The quantitative estimate of drug-likeness (QED) is 0.720. The molecule has 0 spiro atoms. The standard InChI is InChI=1S/C22H22N2O3/c1-14-20(13-21(26)27)15(2)24(23-14)22(16(3)25)19-11-9-18(10-12-19)17-7-5-4-6-8-17/h4-12,22H,13H2,1-3H3,(H,26,27). The summed E-state index contributed by atoms with van der Waals surface area (Å²) < 4.78 is 1.65. The van der Waals surface area contributed by atoms with Gasteiger partial charge in [0, 0.05) is 11.3 Å². The molecule has 0 saturated carbocycles. The summed E-state index contributed by atoms with van der Waals surface area (Å²) in [6.07, 6.45) is -0.102. The SMILES string of the molecule is CC(=O)C(c1ccc(-c2ccccc2)cc1)n1nc(C)c(CC(=O)O)c1C. The highest BCUT2D eigenvalue weighted by molar-refractivity contribution is 5.83. The van der Waals surface area contributed by atoms with Crippen molar-refractivity contribution in [1.29, 1.82) is 0 Å². The first kappa shape index (κ1) is 18.6. The van der Waals surface area contributed by atoms with Crippen LogP contribution in [0.2, 0.25) is 0 Å². The molecule has 3 aromatic rings. The van der Waals surface area contributed by atoms with Crippen molar-refractivity contribution in [2.75, 3.05) is 0 Å². The number of aromatic nitrogens is 2. The summed E-state index contributed by atoms with van der Waals surface area (Å²) in [7, 11) is 0. The lowest BCUT2D eigenvalue weighted by Gasteiger charge is -2.18. The van der Waals surface area contributed by atoms with Crippen molar-refractivity contribution in [2.24, 2.45) is 0 Å². The first-order valence-corrected chi connectivity index (χ1v) is 8.80. The van der Waals surface area contributed by atoms with Crippen LogP contribution in [-0.2, 0) is 16.0 Å². The van der Waals surface area contributed by atoms with E-state index >= 15 is 0 Å². The molecule has 0 saturated heterocycles. The zero-order valence-electron chi connectivity index (χ0n) is 15.6. The molecule has 1 unspecified atom stereocenters. The van der Waals surface area contributed by atoms with E-state index in [1.807, 2.05) is 61.5 Å². The van der Waals surface area contributed by atoms with Gasteiger partial charge in [-0.1, -0.05) is 54.6 Å². The number of hydrogen-bond donors (Lipinski definition) is 1. The van der Waals surface area contributed by atoms with Gasteiger partial charge in [-0.15, -0.1) is 0 Å². The van der Waals surface area contributed by atoms with E-state index in [-0.39, 0.29) is 12.2 Å². The van der Waals surface area contributed by atoms with Gasteiger partial charge in [-0.3, -0.25) is 14.3 Å². The number of carbonyl (C=O) groups is 2. The minimum absolute atomic E-state index is 0.0464. The van der Waals surface area contributed by atoms with Crippen LogP contribution in [0.15, 0.2) is 54.6 Å². The van der Waals surface area contributed by atoms with Crippen LogP contribution in [0.4, 0.5) is 0 Å². The Hall–Kier alpha value is -3.21. The second-order valence-corrected chi connectivity index (χ2v) is 6.67. The summed E-state index contributed by atoms with van der Waals surface area (Å²) in [5, 5.41) is 13.6. The van der Waals surface area contributed by atoms with E-state index in [0.717, 1.165) is 16.7 Å². The van der Waals surface area contributed by atoms with E-state index in [9.17, 15) is 9.59 Å². The molecule has 0 aliphatic rings. The van der Waals surface area contributed by atoms with Crippen molar-refractivity contribution in [1.82, 2.24) is 9.78 Å². The van der Waals surface area contributed by atoms with Gasteiger partial charge in [0.25, 0.3) is 0 Å². The number of carbonyl (C=O) groups excluding carboxylic acids is 1. The van der Waals surface area contributed by atoms with E-state index in [1.54, 1.807) is 11.6 Å². The van der Waals surface area contributed by atoms with Crippen molar-refractivity contribution in [3.63, 3.8) is 0 Å². The fraction of sp³-hybridized carbons (Fsp3) is 0.227. The monoisotopic (exact) mass is 362 g/mol. The van der Waals surface area contributed by atoms with Crippen LogP contribution in [0.5, 0.6) is 0 Å². The smallest absolute Gasteiger partial charge is 0.307 e. The Labute approximate surface area is 158 Å². The number of hydrogen-bond acceptors (Lipinski definition) is 3. The molecule has 5 nitrogen and oxygen atoms in total. The third kappa shape index (κ3) is 3.82. The molecule has 0 aliphatic carbocycles. The Bertz CT molecular complexity index is 973. The van der Waals surface area contributed by atoms with Crippen molar-refractivity contribution < 1.29 is 14.7 Å². The third-order valence-electron chi connectivity index (χ3n) is 4.77. The summed E-state index contributed by atoms with van der Waals surface area (Å²) in [4.78, 5) is 23.5. The molecule has 3 rings (SSSR count). The lowest BCUT2D eigenvalue weighted by atomic mass is 9.98. The number of rotatable bonds is 6. The number of ketones is 1. The molecule has 0 aliphatic heterocycles. The summed E-state index contributed by atoms with van der Waals surface area (Å²) >= 11 is 0. The Morgan fingerprint density at radius 2 is 1.59 bits per heavy atom. The van der Waals surface area contributed by atoms with Crippen LogP contribution >= 0.6 is 0 Å². The summed E-state index contributed by atoms with van der Waals surface area (Å²) in [5.41, 5.74) is 5.02. The fourth-order valence-corrected chi connectivity index (χ4v) is 3.39. The topological polar surface area (TPSA) is 72.2 Å². The van der Waals surface area contributed by atoms with Crippen LogP contribution in [0.25, 0.3) is 11.1 Å². The number of carboxylic acid groups (broad SMARTS) is 1. The number of carboxylic acids is 1. The zero-order chi connectivity index (χ0) is 19.6. The average molecular weight is 362 g/mol. The first-order valence-electron chi connectivity index (χ1n) is 8.80. The highest BCUT2D eigenvalue weighted by atomic mass is 16.4. The molecule has 0 amide bonds. The van der Waals surface area contributed by atoms with Crippen LogP contribution in [0.1, 0.15) is 35.5 Å². The number of aliphatic carboxylic acids is 1. The van der Waals surface area contributed by atoms with E-state index in [2.05, 4.69) is 5.10 Å². The summed E-state index contributed by atoms with van der Waals surface area (Å²) in [6.45, 7) is 5.12. The first-order chi connectivity index (χ1) is 12.9. The Morgan fingerprint density at radius 1 is 1.00 bits per heavy atom. The number of Topliss-reactive ketones (excluding diaryl/α,β-unsaturated/α-hetero) is 1. The highest BCUT2D eigenvalue weighted by Crippen LogP contribution is 2.27. The summed E-state index contributed by atoms with van der Waals surface area (Å²) in [6, 6.07) is 17.3. The predicted molar refractivity (Wildman–Crippen MR) is 104 cm³/mol. The zero-order valence-corrected chi connectivity index (χ0v) is 15.6. The Morgan fingerprint density at radius 3 is 2.15 bits per heavy atom. The molecule has 138 valence electrons. The average Bonchev–Trinajstić information content (AvgIpc) is 2.91. The number of aryl methyl sites for hydroxylation is 1. The van der Waals surface area contributed by atoms with Gasteiger partial charge in [0.15, 0.2) is 5.78 Å². The molecule has 1 atom stereocenters. The molecule has 5 heteroatoms. The van der Waals surface area contributed by atoms with Gasteiger partial charge >= 0.3 is 5.97 Å². The fourth-order valence-electron chi connectivity index (χ4n) is 3.39. The van der Waals surface area contributed by atoms with Gasteiger partial charge in [0.1, 0.15) is 6.04 Å². The molecule has 0 fully saturated rings. The van der Waals surface area contributed by atoms with Gasteiger partial charge in [-0.05, 0) is 37.5 Å². The van der Waals surface area contributed by atoms with Gasteiger partial charge < -0.3 is 5.11 Å². The predicted octanol–water partition coefficient (Wildman–Crippen LogP) is 3.97. The lowest BCUT2D eigenvalue weighted by molar-refractivity contribution is -0.136. The minimum atomic E-state index is -0.910. The van der Waals surface area contributed by atoms with Crippen molar-refractivity contribution in [3.8, 4) is 11.1 Å². The summed E-state index contributed by atoms with van der Waals surface area (Å²) in [5.74, 6) is -0.956. The largest absolute Gasteiger partial charge is 0.481 e. The van der Waals surface area contributed by atoms with Gasteiger partial charge in [-0.2, -0.15) is 5.10 Å². The van der Waals surface area contributed by atoms with Crippen LogP contribution in [-0.4, -0.2) is 26.6 Å². The molecule has 0 radical (unpaired) electrons. The Balaban J connectivity index is 2.00. The third-order valence-corrected chi connectivity index (χ3v) is 4.77. The maximum absolute atomic E-state index is 12.4. The van der Waals surface area contributed by atoms with E-state index in [0.29, 0.717) is 17.0 Å². The van der Waals surface area contributed by atoms with Crippen molar-refractivity contribution in [3.05, 3.63) is 77.1 Å². The molecule has 0 bridgehead atoms. The van der Waals surface area contributed by atoms with Gasteiger partial charge in [0.2, 0.25) is 0 Å². The second kappa shape index (κ2) is 7.58. The molecule has 1 N–H and O–H groups in total. The van der Waals surface area contributed by atoms with Gasteiger partial charge in [0.05, 0.1) is 12.1 Å². The van der Waals surface area contributed by atoms with Crippen LogP contribution < -0.4 is 0 Å². The minimum Gasteiger partial charge on any atom is -0.481 e. The highest BCUT2D eigenvalue weighted by Gasteiger charge is 2.25. The van der Waals surface area contributed by atoms with Gasteiger partial charge in [-0.25, -0.2) is 0 Å². The molecule has 1 heterocycles. The normalized spacial score (nSPS) is 12.0. The van der Waals surface area contributed by atoms with E-state index < -0.39 is 12.0 Å². The molecular weight excluding hydrogens is 340 g/mol. The molecular formula is C22H22N2O3. The maximum Gasteiger partial charge on any atom is 0.307 e. The molecule has 1 aromatic heterocycles. The van der Waals surface area contributed by atoms with E-state index in [1.165, 1.54) is 6.92 Å². The Kier molecular flexibility index (Phi) is 5.21. The van der Waals surface area contributed by atoms with E-state index in [4.69, 9.17) is 5.11 Å². The van der Waals surface area contributed by atoms with Crippen molar-refractivity contribution in [2.45, 2.75) is 33.2 Å². The molecule has 2 aromatic carbocycles. The second-order valence-electron chi connectivity index (χ2n) is 6.67. The van der Waals surface area contributed by atoms with Crippen molar-refractivity contribution >= 4 is 11.8 Å². The van der Waals surface area contributed by atoms with Crippen LogP contribution in [0.3, 0.4) is 0 Å². The number of benzene rings is 2. The molecule has 27 heavy (non-hydrogen) atoms. The van der Waals surface area contributed by atoms with Crippen LogP contribution in [0, 0.1) is 13.8 Å². The lowest BCUT2D eigenvalue weighted by Crippen LogP contribution is -2.21.